The van der Waals surface area contributed by atoms with Crippen LogP contribution in [0, 0.1) is 16.7 Å². The molecular weight excluding hydrogens is 538 g/mol. The van der Waals surface area contributed by atoms with Crippen LogP contribution in [0.3, 0.4) is 0 Å². The molecule has 3 aromatic carbocycles. The van der Waals surface area contributed by atoms with Gasteiger partial charge in [-0.25, -0.2) is 9.59 Å². The second-order valence-electron chi connectivity index (χ2n) is 13.5. The number of rotatable bonds is 9. The first-order chi connectivity index (χ1) is 20.2. The minimum Gasteiger partial charge on any atom is -0.482 e. The van der Waals surface area contributed by atoms with Gasteiger partial charge in [0.1, 0.15) is 5.75 Å². The van der Waals surface area contributed by atoms with Crippen molar-refractivity contribution in [1.29, 1.82) is 0 Å². The first-order valence-electron chi connectivity index (χ1n) is 15.3. The first kappa shape index (κ1) is 33.7. The molecule has 0 saturated carbocycles. The fourth-order valence-electron chi connectivity index (χ4n) is 5.13. The third-order valence-corrected chi connectivity index (χ3v) is 7.80. The van der Waals surface area contributed by atoms with Gasteiger partial charge in [0, 0.05) is 12.2 Å². The Morgan fingerprint density at radius 3 is 2.26 bits per heavy atom. The molecule has 0 spiro atoms. The zero-order valence-corrected chi connectivity index (χ0v) is 27.0. The molecule has 1 aliphatic rings. The minimum absolute atomic E-state index is 0.0185. The van der Waals surface area contributed by atoms with Crippen molar-refractivity contribution in [3.63, 3.8) is 0 Å². The Labute approximate surface area is 257 Å². The topological polar surface area (TPSA) is 84.9 Å². The lowest BCUT2D eigenvalue weighted by Gasteiger charge is -2.35. The highest BCUT2D eigenvalue weighted by Crippen LogP contribution is 2.38. The van der Waals surface area contributed by atoms with E-state index in [-0.39, 0.29) is 12.6 Å². The molecule has 0 aromatic heterocycles. The van der Waals surface area contributed by atoms with Crippen molar-refractivity contribution in [3.8, 4) is 16.9 Å². The average Bonchev–Trinajstić information content (AvgIpc) is 2.95. The van der Waals surface area contributed by atoms with E-state index in [4.69, 9.17) is 14.6 Å². The number of aromatic carboxylic acids is 1. The normalized spacial score (nSPS) is 14.5. The summed E-state index contributed by atoms with van der Waals surface area (Å²) in [6, 6.07) is 21.3. The van der Waals surface area contributed by atoms with Crippen LogP contribution in [0.1, 0.15) is 82.8 Å². The molecular formula is C37H49NO5. The van der Waals surface area contributed by atoms with Gasteiger partial charge >= 0.3 is 11.9 Å². The number of fused-ring (bicyclic) bond motifs is 1. The number of benzene rings is 3. The van der Waals surface area contributed by atoms with Crippen LogP contribution in [-0.4, -0.2) is 36.8 Å². The maximum Gasteiger partial charge on any atom is 0.344 e. The van der Waals surface area contributed by atoms with E-state index in [2.05, 4.69) is 65.1 Å². The van der Waals surface area contributed by atoms with Gasteiger partial charge in [0.15, 0.2) is 6.61 Å². The number of carboxylic acids is 1. The monoisotopic (exact) mass is 587 g/mol. The van der Waals surface area contributed by atoms with Gasteiger partial charge in [-0.05, 0) is 108 Å². The van der Waals surface area contributed by atoms with Crippen molar-refractivity contribution in [1.82, 2.24) is 0 Å². The number of esters is 1. The van der Waals surface area contributed by atoms with Crippen LogP contribution in [0.4, 0.5) is 5.69 Å². The second kappa shape index (κ2) is 15.1. The molecule has 0 aliphatic heterocycles. The molecule has 3 aromatic rings. The third kappa shape index (κ3) is 11.1. The maximum atomic E-state index is 11.3. The van der Waals surface area contributed by atoms with Crippen LogP contribution in [0.5, 0.6) is 5.75 Å². The molecule has 4 rings (SSSR count). The predicted octanol–water partition coefficient (Wildman–Crippen LogP) is 8.68. The van der Waals surface area contributed by atoms with Crippen LogP contribution in [0.2, 0.25) is 0 Å². The number of hydrogen-bond acceptors (Lipinski definition) is 5. The highest BCUT2D eigenvalue weighted by molar-refractivity contribution is 5.89. The molecule has 6 heteroatoms. The maximum absolute atomic E-state index is 11.3. The van der Waals surface area contributed by atoms with Crippen LogP contribution in [0.25, 0.3) is 11.1 Å². The zero-order chi connectivity index (χ0) is 31.6. The molecule has 0 bridgehead atoms. The molecule has 1 atom stereocenters. The van der Waals surface area contributed by atoms with E-state index in [1.165, 1.54) is 17.5 Å². The number of hydrogen-bond donors (Lipinski definition) is 2. The van der Waals surface area contributed by atoms with Gasteiger partial charge in [0.25, 0.3) is 0 Å². The number of carbonyl (C=O) groups is 2. The number of nitrogens with one attached hydrogen (secondary N) is 1. The Morgan fingerprint density at radius 1 is 0.907 bits per heavy atom. The molecule has 43 heavy (non-hydrogen) atoms. The van der Waals surface area contributed by atoms with Crippen molar-refractivity contribution in [3.05, 3.63) is 83.4 Å². The van der Waals surface area contributed by atoms with Crippen LogP contribution in [-0.2, 0) is 22.4 Å². The van der Waals surface area contributed by atoms with E-state index < -0.39 is 5.97 Å². The number of aryl methyl sites for hydroxylation is 1. The summed E-state index contributed by atoms with van der Waals surface area (Å²) in [5, 5.41) is 12.5. The zero-order valence-electron chi connectivity index (χ0n) is 27.0. The van der Waals surface area contributed by atoms with Crippen molar-refractivity contribution < 1.29 is 24.2 Å². The molecule has 1 aliphatic carbocycles. The van der Waals surface area contributed by atoms with Crippen LogP contribution >= 0.6 is 0 Å². The first-order valence-corrected chi connectivity index (χ1v) is 15.3. The summed E-state index contributed by atoms with van der Waals surface area (Å²) in [4.78, 5) is 22.4. The Kier molecular flexibility index (Phi) is 11.8. The Bertz CT molecular complexity index is 1370. The standard InChI is InChI=1S/C19H23NO2.C18H26O3/c1-19(2,3)10-11-20-17-9-5-7-15(13-17)14-6-4-8-16(12-14)18(21)22;1-5-20-17(19)12-21-16-9-7-13-6-8-15(18(2,3)4)10-14(13)11-16/h4-9,12-13,20H,10-11H2,1-3H3,(H,21,22);7,9,11,15H,5-6,8,10,12H2,1-4H3. The summed E-state index contributed by atoms with van der Waals surface area (Å²) in [6.07, 6.45) is 4.57. The summed E-state index contributed by atoms with van der Waals surface area (Å²) in [5.41, 5.74) is 6.72. The van der Waals surface area contributed by atoms with Crippen molar-refractivity contribution >= 4 is 17.6 Å². The van der Waals surface area contributed by atoms with Crippen LogP contribution < -0.4 is 10.1 Å². The fraction of sp³-hybridized carbons (Fsp3) is 0.459. The van der Waals surface area contributed by atoms with E-state index in [1.54, 1.807) is 25.1 Å². The van der Waals surface area contributed by atoms with Crippen molar-refractivity contribution in [2.24, 2.45) is 16.7 Å². The lowest BCUT2D eigenvalue weighted by atomic mass is 9.70. The highest BCUT2D eigenvalue weighted by atomic mass is 16.6. The summed E-state index contributed by atoms with van der Waals surface area (Å²) < 4.78 is 10.4. The fourth-order valence-corrected chi connectivity index (χ4v) is 5.13. The molecule has 232 valence electrons. The van der Waals surface area contributed by atoms with E-state index >= 15 is 0 Å². The molecule has 0 amide bonds. The lowest BCUT2D eigenvalue weighted by Crippen LogP contribution is -2.26. The van der Waals surface area contributed by atoms with Crippen molar-refractivity contribution in [2.75, 3.05) is 25.1 Å². The smallest absolute Gasteiger partial charge is 0.344 e. The number of anilines is 1. The second-order valence-corrected chi connectivity index (χ2v) is 13.5. The summed E-state index contributed by atoms with van der Waals surface area (Å²) in [7, 11) is 0. The summed E-state index contributed by atoms with van der Waals surface area (Å²) in [6.45, 7) is 16.7. The lowest BCUT2D eigenvalue weighted by molar-refractivity contribution is -0.145. The Morgan fingerprint density at radius 2 is 1.60 bits per heavy atom. The van der Waals surface area contributed by atoms with E-state index in [1.807, 2.05) is 30.3 Å². The third-order valence-electron chi connectivity index (χ3n) is 7.80. The van der Waals surface area contributed by atoms with Gasteiger partial charge in [0.05, 0.1) is 12.2 Å². The summed E-state index contributed by atoms with van der Waals surface area (Å²) in [5.74, 6) is 0.241. The van der Waals surface area contributed by atoms with Crippen molar-refractivity contribution in [2.45, 2.75) is 74.1 Å². The van der Waals surface area contributed by atoms with Gasteiger partial charge in [-0.1, -0.05) is 71.9 Å². The number of ether oxygens (including phenoxy) is 2. The van der Waals surface area contributed by atoms with E-state index in [0.29, 0.717) is 28.9 Å². The highest BCUT2D eigenvalue weighted by Gasteiger charge is 2.28. The number of carboxylic acid groups (broad SMARTS) is 1. The van der Waals surface area contributed by atoms with E-state index in [9.17, 15) is 9.59 Å². The van der Waals surface area contributed by atoms with Gasteiger partial charge < -0.3 is 19.9 Å². The Hall–Kier alpha value is -3.80. The number of carbonyl (C=O) groups excluding carboxylic acids is 1. The SMILES string of the molecule is CC(C)(C)CCNc1cccc(-c2cccc(C(=O)O)c2)c1.CCOC(=O)COc1ccc2c(c1)CC(C(C)(C)C)CC2. The molecule has 0 heterocycles. The molecule has 0 radical (unpaired) electrons. The van der Waals surface area contributed by atoms with Gasteiger partial charge in [-0.2, -0.15) is 0 Å². The van der Waals surface area contributed by atoms with Crippen LogP contribution in [0.15, 0.2) is 66.7 Å². The largest absolute Gasteiger partial charge is 0.482 e. The minimum atomic E-state index is -0.902. The molecule has 1 unspecified atom stereocenters. The quantitative estimate of drug-likeness (QED) is 0.244. The summed E-state index contributed by atoms with van der Waals surface area (Å²) >= 11 is 0. The van der Waals surface area contributed by atoms with Gasteiger partial charge in [0.2, 0.25) is 0 Å². The predicted molar refractivity (Wildman–Crippen MR) is 175 cm³/mol. The molecule has 0 fully saturated rings. The molecule has 0 saturated heterocycles. The average molecular weight is 588 g/mol. The van der Waals surface area contributed by atoms with E-state index in [0.717, 1.165) is 48.4 Å². The molecule has 6 nitrogen and oxygen atoms in total. The van der Waals surface area contributed by atoms with Gasteiger partial charge in [-0.3, -0.25) is 0 Å². The van der Waals surface area contributed by atoms with Gasteiger partial charge in [-0.15, -0.1) is 0 Å². The Balaban J connectivity index is 0.000000236. The molecule has 2 N–H and O–H groups in total.